The summed E-state index contributed by atoms with van der Waals surface area (Å²) in [5.74, 6) is 1.33. The first-order chi connectivity index (χ1) is 11.6. The normalized spacial score (nSPS) is 11.7. The Bertz CT molecular complexity index is 686. The van der Waals surface area contributed by atoms with Gasteiger partial charge >= 0.3 is 0 Å². The molecule has 0 saturated carbocycles. The van der Waals surface area contributed by atoms with Crippen molar-refractivity contribution in [3.8, 4) is 11.5 Å². The molecule has 0 fully saturated rings. The summed E-state index contributed by atoms with van der Waals surface area (Å²) in [5.41, 5.74) is 1.93. The lowest BCUT2D eigenvalue weighted by atomic mass is 10.0. The molecule has 0 saturated heterocycles. The summed E-state index contributed by atoms with van der Waals surface area (Å²) in [4.78, 5) is 12.4. The van der Waals surface area contributed by atoms with E-state index in [2.05, 4.69) is 28.2 Å². The highest BCUT2D eigenvalue weighted by Crippen LogP contribution is 2.25. The topological polar surface area (TPSA) is 47.6 Å². The van der Waals surface area contributed by atoms with Crippen molar-refractivity contribution >= 4 is 21.8 Å². The van der Waals surface area contributed by atoms with Crippen molar-refractivity contribution in [2.24, 2.45) is 0 Å². The summed E-state index contributed by atoms with van der Waals surface area (Å²) in [6, 6.07) is 13.5. The second-order valence-electron chi connectivity index (χ2n) is 5.43. The molecule has 1 amide bonds. The Balaban J connectivity index is 2.07. The highest BCUT2D eigenvalue weighted by Gasteiger charge is 2.15. The smallest absolute Gasteiger partial charge is 0.225 e. The van der Waals surface area contributed by atoms with Gasteiger partial charge < -0.3 is 14.8 Å². The first-order valence-electron chi connectivity index (χ1n) is 7.83. The highest BCUT2D eigenvalue weighted by molar-refractivity contribution is 9.10. The molecule has 0 spiro atoms. The number of hydrogen-bond donors (Lipinski definition) is 1. The van der Waals surface area contributed by atoms with E-state index in [1.807, 2.05) is 36.4 Å². The monoisotopic (exact) mass is 391 g/mol. The molecule has 0 aromatic heterocycles. The molecule has 5 heteroatoms. The van der Waals surface area contributed by atoms with Crippen molar-refractivity contribution < 1.29 is 14.3 Å². The van der Waals surface area contributed by atoms with Gasteiger partial charge in [-0.1, -0.05) is 41.1 Å². The third-order valence-electron chi connectivity index (χ3n) is 3.86. The van der Waals surface area contributed by atoms with Gasteiger partial charge in [-0.05, 0) is 30.2 Å². The zero-order valence-electron chi connectivity index (χ0n) is 14.1. The van der Waals surface area contributed by atoms with Gasteiger partial charge in [-0.2, -0.15) is 0 Å². The molecule has 2 aromatic rings. The molecule has 1 N–H and O–H groups in total. The van der Waals surface area contributed by atoms with Gasteiger partial charge in [-0.3, -0.25) is 4.79 Å². The standard InChI is InChI=1S/C19H22BrNO3/c1-4-17(13-5-8-15(20)9-6-13)21-19(22)11-14-7-10-16(23-2)12-18(14)24-3/h5-10,12,17H,4,11H2,1-3H3,(H,21,22)/t17-/m0/s1. The van der Waals surface area contributed by atoms with E-state index in [1.165, 1.54) is 0 Å². The maximum atomic E-state index is 12.4. The predicted molar refractivity (Wildman–Crippen MR) is 98.6 cm³/mol. The van der Waals surface area contributed by atoms with Gasteiger partial charge in [0, 0.05) is 16.1 Å². The van der Waals surface area contributed by atoms with Crippen LogP contribution >= 0.6 is 15.9 Å². The molecule has 0 aliphatic carbocycles. The summed E-state index contributed by atoms with van der Waals surface area (Å²) in [7, 11) is 3.19. The minimum absolute atomic E-state index is 0.00477. The number of hydrogen-bond acceptors (Lipinski definition) is 3. The zero-order valence-corrected chi connectivity index (χ0v) is 15.7. The second kappa shape index (κ2) is 8.73. The zero-order chi connectivity index (χ0) is 17.5. The van der Waals surface area contributed by atoms with Gasteiger partial charge in [0.05, 0.1) is 26.7 Å². The average molecular weight is 392 g/mol. The molecular formula is C19H22BrNO3. The van der Waals surface area contributed by atoms with Gasteiger partial charge in [-0.25, -0.2) is 0 Å². The fourth-order valence-electron chi connectivity index (χ4n) is 2.53. The number of ether oxygens (including phenoxy) is 2. The molecule has 1 atom stereocenters. The fraction of sp³-hybridized carbons (Fsp3) is 0.316. The molecule has 2 aromatic carbocycles. The van der Waals surface area contributed by atoms with E-state index in [4.69, 9.17) is 9.47 Å². The quantitative estimate of drug-likeness (QED) is 0.765. The molecule has 128 valence electrons. The summed E-state index contributed by atoms with van der Waals surface area (Å²) in [6.45, 7) is 2.06. The van der Waals surface area contributed by atoms with Gasteiger partial charge in [-0.15, -0.1) is 0 Å². The van der Waals surface area contributed by atoms with Crippen LogP contribution < -0.4 is 14.8 Å². The Labute approximate surface area is 151 Å². The number of rotatable bonds is 7. The molecule has 2 rings (SSSR count). The molecule has 0 unspecified atom stereocenters. The molecule has 4 nitrogen and oxygen atoms in total. The van der Waals surface area contributed by atoms with Crippen LogP contribution in [0.2, 0.25) is 0 Å². The fourth-order valence-corrected chi connectivity index (χ4v) is 2.80. The summed E-state index contributed by atoms with van der Waals surface area (Å²) >= 11 is 3.43. The van der Waals surface area contributed by atoms with E-state index < -0.39 is 0 Å². The maximum Gasteiger partial charge on any atom is 0.225 e. The third-order valence-corrected chi connectivity index (χ3v) is 4.39. The minimum atomic E-state index is -0.0340. The highest BCUT2D eigenvalue weighted by atomic mass is 79.9. The van der Waals surface area contributed by atoms with Crippen molar-refractivity contribution in [1.82, 2.24) is 5.32 Å². The van der Waals surface area contributed by atoms with Crippen LogP contribution in [0, 0.1) is 0 Å². The number of nitrogens with one attached hydrogen (secondary N) is 1. The molecule has 0 bridgehead atoms. The van der Waals surface area contributed by atoms with Crippen LogP contribution in [0.15, 0.2) is 46.9 Å². The Kier molecular flexibility index (Phi) is 6.67. The van der Waals surface area contributed by atoms with E-state index in [0.717, 1.165) is 22.0 Å². The van der Waals surface area contributed by atoms with Crippen LogP contribution in [0.1, 0.15) is 30.5 Å². The van der Waals surface area contributed by atoms with Crippen LogP contribution in [-0.4, -0.2) is 20.1 Å². The Morgan fingerprint density at radius 2 is 1.83 bits per heavy atom. The number of halogens is 1. The first kappa shape index (κ1) is 18.3. The lowest BCUT2D eigenvalue weighted by Crippen LogP contribution is -2.29. The summed E-state index contributed by atoms with van der Waals surface area (Å²) in [6.07, 6.45) is 1.09. The SMILES string of the molecule is CC[C@H](NC(=O)Cc1ccc(OC)cc1OC)c1ccc(Br)cc1. The van der Waals surface area contributed by atoms with Crippen molar-refractivity contribution in [3.63, 3.8) is 0 Å². The Morgan fingerprint density at radius 3 is 2.42 bits per heavy atom. The first-order valence-corrected chi connectivity index (χ1v) is 8.62. The third kappa shape index (κ3) is 4.74. The number of carbonyl (C=O) groups is 1. The maximum absolute atomic E-state index is 12.4. The predicted octanol–water partition coefficient (Wildman–Crippen LogP) is 4.28. The molecule has 24 heavy (non-hydrogen) atoms. The van der Waals surface area contributed by atoms with E-state index in [-0.39, 0.29) is 18.4 Å². The average Bonchev–Trinajstić information content (AvgIpc) is 2.60. The van der Waals surface area contributed by atoms with Gasteiger partial charge in [0.1, 0.15) is 11.5 Å². The molecule has 0 aliphatic heterocycles. The van der Waals surface area contributed by atoms with Crippen LogP contribution in [0.25, 0.3) is 0 Å². The lowest BCUT2D eigenvalue weighted by molar-refractivity contribution is -0.121. The van der Waals surface area contributed by atoms with Crippen molar-refractivity contribution in [1.29, 1.82) is 0 Å². The summed E-state index contributed by atoms with van der Waals surface area (Å²) < 4.78 is 11.6. The van der Waals surface area contributed by atoms with Crippen LogP contribution in [0.3, 0.4) is 0 Å². The van der Waals surface area contributed by atoms with E-state index in [9.17, 15) is 4.79 Å². The van der Waals surface area contributed by atoms with Crippen LogP contribution in [0.5, 0.6) is 11.5 Å². The van der Waals surface area contributed by atoms with Gasteiger partial charge in [0.15, 0.2) is 0 Å². The number of carbonyl (C=O) groups excluding carboxylic acids is 1. The Morgan fingerprint density at radius 1 is 1.12 bits per heavy atom. The molecule has 0 heterocycles. The largest absolute Gasteiger partial charge is 0.497 e. The van der Waals surface area contributed by atoms with Crippen molar-refractivity contribution in [3.05, 3.63) is 58.1 Å². The van der Waals surface area contributed by atoms with Crippen molar-refractivity contribution in [2.75, 3.05) is 14.2 Å². The molecular weight excluding hydrogens is 370 g/mol. The molecule has 0 aliphatic rings. The van der Waals surface area contributed by atoms with Gasteiger partial charge in [0.2, 0.25) is 5.91 Å². The number of benzene rings is 2. The van der Waals surface area contributed by atoms with E-state index in [1.54, 1.807) is 20.3 Å². The van der Waals surface area contributed by atoms with Crippen LogP contribution in [0.4, 0.5) is 0 Å². The molecule has 0 radical (unpaired) electrons. The summed E-state index contributed by atoms with van der Waals surface area (Å²) in [5, 5.41) is 3.09. The minimum Gasteiger partial charge on any atom is -0.497 e. The van der Waals surface area contributed by atoms with E-state index in [0.29, 0.717) is 11.5 Å². The number of methoxy groups -OCH3 is 2. The lowest BCUT2D eigenvalue weighted by Gasteiger charge is -2.18. The Hall–Kier alpha value is -2.01. The van der Waals surface area contributed by atoms with Crippen LogP contribution in [-0.2, 0) is 11.2 Å². The van der Waals surface area contributed by atoms with Crippen molar-refractivity contribution in [2.45, 2.75) is 25.8 Å². The van der Waals surface area contributed by atoms with E-state index >= 15 is 0 Å². The second-order valence-corrected chi connectivity index (χ2v) is 6.35. The van der Waals surface area contributed by atoms with Gasteiger partial charge in [0.25, 0.3) is 0 Å². The number of amides is 1.